The second kappa shape index (κ2) is 8.45. The van der Waals surface area contributed by atoms with E-state index in [0.29, 0.717) is 21.9 Å². The standard InChI is InChI=1S/C21H19NO3S/c1-2-15-5-7-16(8-6-15)19(23)14-25-18-11-9-17(10-12-18)22-21(24)20-4-3-13-26-20/h3-13H,2,14H2,1H3,(H,22,24). The second-order valence-corrected chi connectivity index (χ2v) is 6.67. The van der Waals surface area contributed by atoms with Gasteiger partial charge in [-0.3, -0.25) is 9.59 Å². The van der Waals surface area contributed by atoms with Crippen LogP contribution in [0.15, 0.2) is 66.0 Å². The molecule has 0 aliphatic carbocycles. The molecule has 1 amide bonds. The summed E-state index contributed by atoms with van der Waals surface area (Å²) >= 11 is 1.39. The molecule has 0 aliphatic rings. The van der Waals surface area contributed by atoms with Gasteiger partial charge in [0, 0.05) is 11.3 Å². The van der Waals surface area contributed by atoms with Crippen LogP contribution in [0, 0.1) is 0 Å². The normalized spacial score (nSPS) is 10.3. The molecule has 1 heterocycles. The molecule has 0 fully saturated rings. The summed E-state index contributed by atoms with van der Waals surface area (Å²) in [7, 11) is 0. The fourth-order valence-corrected chi connectivity index (χ4v) is 3.01. The van der Waals surface area contributed by atoms with E-state index in [-0.39, 0.29) is 18.3 Å². The van der Waals surface area contributed by atoms with Crippen LogP contribution >= 0.6 is 11.3 Å². The summed E-state index contributed by atoms with van der Waals surface area (Å²) in [6.45, 7) is 2.05. The average Bonchev–Trinajstić information content (AvgIpc) is 3.22. The Balaban J connectivity index is 1.53. The van der Waals surface area contributed by atoms with E-state index in [1.165, 1.54) is 16.9 Å². The van der Waals surface area contributed by atoms with E-state index in [1.54, 1.807) is 30.3 Å². The summed E-state index contributed by atoms with van der Waals surface area (Å²) in [5.74, 6) is 0.375. The van der Waals surface area contributed by atoms with Crippen molar-refractivity contribution in [3.63, 3.8) is 0 Å². The topological polar surface area (TPSA) is 55.4 Å². The third-order valence-corrected chi connectivity index (χ3v) is 4.78. The number of Topliss-reactive ketones (excluding diaryl/α,β-unsaturated/α-hetero) is 1. The van der Waals surface area contributed by atoms with E-state index in [2.05, 4.69) is 12.2 Å². The van der Waals surface area contributed by atoms with E-state index < -0.39 is 0 Å². The quantitative estimate of drug-likeness (QED) is 0.611. The van der Waals surface area contributed by atoms with E-state index >= 15 is 0 Å². The highest BCUT2D eigenvalue weighted by molar-refractivity contribution is 7.12. The second-order valence-electron chi connectivity index (χ2n) is 5.72. The van der Waals surface area contributed by atoms with Crippen LogP contribution in [0.5, 0.6) is 5.75 Å². The number of anilines is 1. The molecule has 0 unspecified atom stereocenters. The number of hydrogen-bond acceptors (Lipinski definition) is 4. The highest BCUT2D eigenvalue weighted by Crippen LogP contribution is 2.18. The zero-order valence-corrected chi connectivity index (χ0v) is 15.2. The molecule has 1 aromatic heterocycles. The molecular formula is C21H19NO3S. The smallest absolute Gasteiger partial charge is 0.265 e. The molecule has 0 radical (unpaired) electrons. The van der Waals surface area contributed by atoms with Gasteiger partial charge in [0.1, 0.15) is 5.75 Å². The maximum Gasteiger partial charge on any atom is 0.265 e. The minimum atomic E-state index is -0.139. The van der Waals surface area contributed by atoms with Gasteiger partial charge in [-0.25, -0.2) is 0 Å². The van der Waals surface area contributed by atoms with Gasteiger partial charge in [0.05, 0.1) is 4.88 Å². The number of hydrogen-bond donors (Lipinski definition) is 1. The molecule has 0 atom stereocenters. The summed E-state index contributed by atoms with van der Waals surface area (Å²) < 4.78 is 5.55. The Morgan fingerprint density at radius 3 is 2.35 bits per heavy atom. The first-order chi connectivity index (χ1) is 12.7. The van der Waals surface area contributed by atoms with Gasteiger partial charge in [0.15, 0.2) is 12.4 Å². The number of nitrogens with one attached hydrogen (secondary N) is 1. The maximum atomic E-state index is 12.2. The summed E-state index contributed by atoms with van der Waals surface area (Å²) in [6, 6.07) is 18.1. The van der Waals surface area contributed by atoms with Gasteiger partial charge in [0.2, 0.25) is 0 Å². The number of carbonyl (C=O) groups excluding carboxylic acids is 2. The molecule has 0 bridgehead atoms. The minimum Gasteiger partial charge on any atom is -0.485 e. The fourth-order valence-electron chi connectivity index (χ4n) is 2.39. The summed E-state index contributed by atoms with van der Waals surface area (Å²) in [6.07, 6.45) is 0.945. The zero-order chi connectivity index (χ0) is 18.4. The molecule has 2 aromatic carbocycles. The lowest BCUT2D eigenvalue weighted by Gasteiger charge is -2.08. The summed E-state index contributed by atoms with van der Waals surface area (Å²) in [4.78, 5) is 24.8. The maximum absolute atomic E-state index is 12.2. The lowest BCUT2D eigenvalue weighted by molar-refractivity contribution is 0.0921. The number of thiophene rings is 1. The van der Waals surface area contributed by atoms with Gasteiger partial charge in [-0.05, 0) is 47.7 Å². The molecule has 26 heavy (non-hydrogen) atoms. The van der Waals surface area contributed by atoms with Crippen LogP contribution < -0.4 is 10.1 Å². The van der Waals surface area contributed by atoms with Crippen LogP contribution in [-0.4, -0.2) is 18.3 Å². The SMILES string of the molecule is CCc1ccc(C(=O)COc2ccc(NC(=O)c3cccs3)cc2)cc1. The van der Waals surface area contributed by atoms with Gasteiger partial charge in [-0.1, -0.05) is 37.3 Å². The molecule has 1 N–H and O–H groups in total. The fraction of sp³-hybridized carbons (Fsp3) is 0.143. The number of amides is 1. The van der Waals surface area contributed by atoms with Gasteiger partial charge >= 0.3 is 0 Å². The van der Waals surface area contributed by atoms with Crippen LogP contribution in [0.2, 0.25) is 0 Å². The highest BCUT2D eigenvalue weighted by Gasteiger charge is 2.08. The van der Waals surface area contributed by atoms with Crippen molar-refractivity contribution in [2.45, 2.75) is 13.3 Å². The van der Waals surface area contributed by atoms with Crippen molar-refractivity contribution in [1.82, 2.24) is 0 Å². The Bertz CT molecular complexity index is 869. The van der Waals surface area contributed by atoms with E-state index in [1.807, 2.05) is 35.7 Å². The first-order valence-electron chi connectivity index (χ1n) is 8.35. The number of carbonyl (C=O) groups is 2. The predicted octanol–water partition coefficient (Wildman–Crippen LogP) is 4.82. The first-order valence-corrected chi connectivity index (χ1v) is 9.23. The van der Waals surface area contributed by atoms with E-state index in [0.717, 1.165) is 6.42 Å². The first kappa shape index (κ1) is 17.9. The Morgan fingerprint density at radius 2 is 1.73 bits per heavy atom. The Hall–Kier alpha value is -2.92. The van der Waals surface area contributed by atoms with E-state index in [4.69, 9.17) is 4.74 Å². The number of benzene rings is 2. The molecule has 3 aromatic rings. The van der Waals surface area contributed by atoms with Crippen LogP contribution in [0.1, 0.15) is 32.5 Å². The lowest BCUT2D eigenvalue weighted by Crippen LogP contribution is -2.12. The Morgan fingerprint density at radius 1 is 1.00 bits per heavy atom. The predicted molar refractivity (Wildman–Crippen MR) is 104 cm³/mol. The van der Waals surface area contributed by atoms with Gasteiger partial charge in [-0.15, -0.1) is 11.3 Å². The minimum absolute atomic E-state index is 0.0215. The van der Waals surface area contributed by atoms with Crippen molar-refractivity contribution < 1.29 is 14.3 Å². The lowest BCUT2D eigenvalue weighted by atomic mass is 10.1. The summed E-state index contributed by atoms with van der Waals surface area (Å²) in [5, 5.41) is 4.68. The number of ether oxygens (including phenoxy) is 1. The van der Waals surface area contributed by atoms with Gasteiger partial charge in [-0.2, -0.15) is 0 Å². The van der Waals surface area contributed by atoms with Crippen molar-refractivity contribution >= 4 is 28.7 Å². The molecule has 0 saturated carbocycles. The monoisotopic (exact) mass is 365 g/mol. The molecule has 132 valence electrons. The van der Waals surface area contributed by atoms with Crippen molar-refractivity contribution in [2.75, 3.05) is 11.9 Å². The third-order valence-electron chi connectivity index (χ3n) is 3.91. The van der Waals surface area contributed by atoms with Crippen molar-refractivity contribution in [3.05, 3.63) is 82.0 Å². The van der Waals surface area contributed by atoms with Crippen molar-refractivity contribution in [3.8, 4) is 5.75 Å². The molecule has 0 spiro atoms. The summed E-state index contributed by atoms with van der Waals surface area (Å²) in [5.41, 5.74) is 2.52. The highest BCUT2D eigenvalue weighted by atomic mass is 32.1. The van der Waals surface area contributed by atoms with Gasteiger partial charge < -0.3 is 10.1 Å². The van der Waals surface area contributed by atoms with Gasteiger partial charge in [0.25, 0.3) is 5.91 Å². The van der Waals surface area contributed by atoms with Crippen LogP contribution in [0.25, 0.3) is 0 Å². The molecule has 5 heteroatoms. The Labute approximate surface area is 156 Å². The Kier molecular flexibility index (Phi) is 5.81. The van der Waals surface area contributed by atoms with Crippen LogP contribution in [0.4, 0.5) is 5.69 Å². The number of rotatable bonds is 7. The van der Waals surface area contributed by atoms with Crippen LogP contribution in [0.3, 0.4) is 0 Å². The molecular weight excluding hydrogens is 346 g/mol. The number of aryl methyl sites for hydroxylation is 1. The molecule has 4 nitrogen and oxygen atoms in total. The van der Waals surface area contributed by atoms with Crippen molar-refractivity contribution in [1.29, 1.82) is 0 Å². The largest absolute Gasteiger partial charge is 0.485 e. The van der Waals surface area contributed by atoms with Crippen molar-refractivity contribution in [2.24, 2.45) is 0 Å². The van der Waals surface area contributed by atoms with E-state index in [9.17, 15) is 9.59 Å². The third kappa shape index (κ3) is 4.58. The molecule has 0 saturated heterocycles. The molecule has 3 rings (SSSR count). The average molecular weight is 365 g/mol. The zero-order valence-electron chi connectivity index (χ0n) is 14.4. The number of ketones is 1. The molecule has 0 aliphatic heterocycles. The van der Waals surface area contributed by atoms with Crippen LogP contribution in [-0.2, 0) is 6.42 Å².